The summed E-state index contributed by atoms with van der Waals surface area (Å²) in [6, 6.07) is 7.65. The number of nitro groups is 1. The largest absolute Gasteiger partial charge is 0.496 e. The van der Waals surface area contributed by atoms with Gasteiger partial charge in [-0.2, -0.15) is 5.10 Å². The Labute approximate surface area is 130 Å². The molecule has 1 aromatic carbocycles. The fourth-order valence-electron chi connectivity index (χ4n) is 1.72. The van der Waals surface area contributed by atoms with Crippen molar-refractivity contribution >= 4 is 29.2 Å². The predicted molar refractivity (Wildman–Crippen MR) is 84.9 cm³/mol. The van der Waals surface area contributed by atoms with Gasteiger partial charge in [-0.15, -0.1) is 0 Å². The summed E-state index contributed by atoms with van der Waals surface area (Å²) in [5.74, 6) is 1.29. The van der Waals surface area contributed by atoms with Crippen LogP contribution in [0, 0.1) is 10.1 Å². The van der Waals surface area contributed by atoms with E-state index >= 15 is 0 Å². The first-order chi connectivity index (χ1) is 10.5. The number of nitrogens with one attached hydrogen (secondary N) is 1. The summed E-state index contributed by atoms with van der Waals surface area (Å²) in [7, 11) is 1.43. The minimum absolute atomic E-state index is 0.0417. The molecule has 0 aliphatic carbocycles. The first-order valence-corrected chi connectivity index (χ1v) is 6.43. The summed E-state index contributed by atoms with van der Waals surface area (Å²) in [4.78, 5) is 10.3. The monoisotopic (exact) mass is 320 g/mol. The van der Waals surface area contributed by atoms with E-state index in [2.05, 4.69) is 22.7 Å². The number of non-ortho nitro benzene ring substituents is 1. The summed E-state index contributed by atoms with van der Waals surface area (Å²) >= 11 is 4.61. The van der Waals surface area contributed by atoms with Gasteiger partial charge in [0.25, 0.3) is 5.69 Å². The molecule has 2 rings (SSSR count). The van der Waals surface area contributed by atoms with Crippen molar-refractivity contribution in [3.63, 3.8) is 0 Å². The fourth-order valence-corrected chi connectivity index (χ4v) is 1.78. The van der Waals surface area contributed by atoms with Gasteiger partial charge in [0.15, 0.2) is 5.11 Å². The number of thiocarbonyl (C=S) groups is 1. The van der Waals surface area contributed by atoms with Gasteiger partial charge in [-0.3, -0.25) is 15.5 Å². The Morgan fingerprint density at radius 2 is 2.27 bits per heavy atom. The molecule has 0 saturated carbocycles. The minimum Gasteiger partial charge on any atom is -0.496 e. The van der Waals surface area contributed by atoms with Crippen LogP contribution in [0.4, 0.5) is 5.69 Å². The summed E-state index contributed by atoms with van der Waals surface area (Å²) in [5, 5.41) is 14.6. The number of hydrogen-bond acceptors (Lipinski definition) is 6. The van der Waals surface area contributed by atoms with E-state index in [9.17, 15) is 10.1 Å². The lowest BCUT2D eigenvalue weighted by Gasteiger charge is -2.05. The van der Waals surface area contributed by atoms with Crippen molar-refractivity contribution in [1.82, 2.24) is 5.43 Å². The van der Waals surface area contributed by atoms with Crippen molar-refractivity contribution in [3.05, 3.63) is 46.2 Å². The Kier molecular flexibility index (Phi) is 4.69. The van der Waals surface area contributed by atoms with Crippen LogP contribution in [0.2, 0.25) is 0 Å². The van der Waals surface area contributed by atoms with Gasteiger partial charge in [0.2, 0.25) is 0 Å². The highest BCUT2D eigenvalue weighted by Crippen LogP contribution is 2.33. The molecule has 0 saturated heterocycles. The number of ether oxygens (including phenoxy) is 1. The number of methoxy groups -OCH3 is 1. The molecular weight excluding hydrogens is 308 g/mol. The standard InChI is InChI=1S/C13H12N4O4S/c1-20-12-6-8(17(18)19)2-4-10(12)11-5-3-9(21-11)7-15-16-13(14)22/h2-7H,1H3,(H3,14,16,22)/b15-7-. The molecular formula is C13H12N4O4S. The van der Waals surface area contributed by atoms with Crippen LogP contribution >= 0.6 is 12.2 Å². The van der Waals surface area contributed by atoms with Crippen LogP contribution in [0.25, 0.3) is 11.3 Å². The van der Waals surface area contributed by atoms with Crippen LogP contribution in [-0.2, 0) is 0 Å². The topological polar surface area (TPSA) is 116 Å². The predicted octanol–water partition coefficient (Wildman–Crippen LogP) is 2.03. The van der Waals surface area contributed by atoms with Gasteiger partial charge in [0, 0.05) is 6.07 Å². The molecule has 22 heavy (non-hydrogen) atoms. The number of furan rings is 1. The highest BCUT2D eigenvalue weighted by Gasteiger charge is 2.15. The van der Waals surface area contributed by atoms with E-state index < -0.39 is 4.92 Å². The molecule has 1 aromatic heterocycles. The molecule has 2 aromatic rings. The van der Waals surface area contributed by atoms with Crippen LogP contribution < -0.4 is 15.9 Å². The highest BCUT2D eigenvalue weighted by molar-refractivity contribution is 7.80. The molecule has 0 aliphatic heterocycles. The minimum atomic E-state index is -0.492. The molecule has 9 heteroatoms. The van der Waals surface area contributed by atoms with E-state index in [0.717, 1.165) is 0 Å². The van der Waals surface area contributed by atoms with E-state index in [0.29, 0.717) is 22.8 Å². The third-order valence-electron chi connectivity index (χ3n) is 2.65. The maximum Gasteiger partial charge on any atom is 0.273 e. The zero-order chi connectivity index (χ0) is 16.1. The molecule has 0 amide bonds. The van der Waals surface area contributed by atoms with Crippen LogP contribution in [0.3, 0.4) is 0 Å². The van der Waals surface area contributed by atoms with E-state index in [1.807, 2.05) is 0 Å². The second-order valence-electron chi connectivity index (χ2n) is 4.08. The molecule has 0 bridgehead atoms. The van der Waals surface area contributed by atoms with Gasteiger partial charge in [-0.25, -0.2) is 0 Å². The lowest BCUT2D eigenvalue weighted by molar-refractivity contribution is -0.384. The lowest BCUT2D eigenvalue weighted by Crippen LogP contribution is -2.23. The van der Waals surface area contributed by atoms with Crippen molar-refractivity contribution in [1.29, 1.82) is 0 Å². The quantitative estimate of drug-likeness (QED) is 0.375. The molecule has 8 nitrogen and oxygen atoms in total. The molecule has 0 atom stereocenters. The molecule has 114 valence electrons. The molecule has 3 N–H and O–H groups in total. The van der Waals surface area contributed by atoms with Gasteiger partial charge in [-0.1, -0.05) is 0 Å². The zero-order valence-electron chi connectivity index (χ0n) is 11.5. The van der Waals surface area contributed by atoms with E-state index in [1.165, 1.54) is 25.5 Å². The number of benzene rings is 1. The third-order valence-corrected chi connectivity index (χ3v) is 2.75. The van der Waals surface area contributed by atoms with Gasteiger partial charge in [0.1, 0.15) is 17.3 Å². The Bertz CT molecular complexity index is 741. The van der Waals surface area contributed by atoms with Crippen LogP contribution in [-0.4, -0.2) is 23.4 Å². The molecule has 1 heterocycles. The average molecular weight is 320 g/mol. The highest BCUT2D eigenvalue weighted by atomic mass is 32.1. The van der Waals surface area contributed by atoms with Gasteiger partial charge in [0.05, 0.1) is 29.9 Å². The second kappa shape index (κ2) is 6.68. The number of hydrazone groups is 1. The van der Waals surface area contributed by atoms with Gasteiger partial charge >= 0.3 is 0 Å². The maximum absolute atomic E-state index is 10.8. The number of nitro benzene ring substituents is 1. The molecule has 0 spiro atoms. The normalized spacial score (nSPS) is 10.6. The molecule has 0 unspecified atom stereocenters. The summed E-state index contributed by atoms with van der Waals surface area (Å²) < 4.78 is 10.7. The zero-order valence-corrected chi connectivity index (χ0v) is 12.3. The SMILES string of the molecule is COc1cc([N+](=O)[O-])ccc1-c1ccc(/C=N\NC(N)=S)o1. The Morgan fingerprint density at radius 1 is 1.50 bits per heavy atom. The van der Waals surface area contributed by atoms with Gasteiger partial charge in [-0.05, 0) is 30.4 Å². The molecule has 0 aliphatic rings. The summed E-state index contributed by atoms with van der Waals surface area (Å²) in [5.41, 5.74) is 8.17. The Morgan fingerprint density at radius 3 is 2.91 bits per heavy atom. The third kappa shape index (κ3) is 3.58. The van der Waals surface area contributed by atoms with E-state index in [1.54, 1.807) is 18.2 Å². The molecule has 0 radical (unpaired) electrons. The lowest BCUT2D eigenvalue weighted by atomic mass is 10.1. The molecule has 0 fully saturated rings. The van der Waals surface area contributed by atoms with Crippen LogP contribution in [0.5, 0.6) is 5.75 Å². The van der Waals surface area contributed by atoms with Crippen LogP contribution in [0.1, 0.15) is 5.76 Å². The van der Waals surface area contributed by atoms with Crippen molar-refractivity contribution in [2.24, 2.45) is 10.8 Å². The van der Waals surface area contributed by atoms with Gasteiger partial charge < -0.3 is 14.9 Å². The smallest absolute Gasteiger partial charge is 0.273 e. The van der Waals surface area contributed by atoms with E-state index in [-0.39, 0.29) is 10.8 Å². The number of nitrogens with two attached hydrogens (primary N) is 1. The second-order valence-corrected chi connectivity index (χ2v) is 4.52. The fraction of sp³-hybridized carbons (Fsp3) is 0.0769. The Hall–Kier alpha value is -2.94. The van der Waals surface area contributed by atoms with Crippen molar-refractivity contribution < 1.29 is 14.1 Å². The average Bonchev–Trinajstić information content (AvgIpc) is 2.94. The van der Waals surface area contributed by atoms with E-state index in [4.69, 9.17) is 14.9 Å². The van der Waals surface area contributed by atoms with Crippen LogP contribution in [0.15, 0.2) is 39.9 Å². The van der Waals surface area contributed by atoms with Crippen molar-refractivity contribution in [3.8, 4) is 17.1 Å². The number of nitrogens with zero attached hydrogens (tertiary/aromatic N) is 2. The van der Waals surface area contributed by atoms with Crippen molar-refractivity contribution in [2.75, 3.05) is 7.11 Å². The first-order valence-electron chi connectivity index (χ1n) is 6.02. The summed E-state index contributed by atoms with van der Waals surface area (Å²) in [6.07, 6.45) is 1.40. The maximum atomic E-state index is 10.8. The first kappa shape index (κ1) is 15.4. The van der Waals surface area contributed by atoms with Crippen molar-refractivity contribution in [2.45, 2.75) is 0 Å². The Balaban J connectivity index is 2.28. The number of hydrogen-bond donors (Lipinski definition) is 2. The number of rotatable bonds is 5. The summed E-state index contributed by atoms with van der Waals surface area (Å²) in [6.45, 7) is 0.